The molecule has 0 aromatic carbocycles. The van der Waals surface area contributed by atoms with E-state index in [1.165, 1.54) is 7.11 Å². The van der Waals surface area contributed by atoms with Crippen LogP contribution in [-0.2, 0) is 19.1 Å². The van der Waals surface area contributed by atoms with E-state index in [-0.39, 0.29) is 30.1 Å². The van der Waals surface area contributed by atoms with Crippen LogP contribution in [0.15, 0.2) is 36.1 Å². The Bertz CT molecular complexity index is 350. The molecule has 0 amide bonds. The molecule has 4 nitrogen and oxygen atoms in total. The van der Waals surface area contributed by atoms with E-state index in [0.717, 1.165) is 0 Å². The first kappa shape index (κ1) is 15.2. The largest absolute Gasteiger partial charge is 0.497 e. The molecule has 0 saturated carbocycles. The Morgan fingerprint density at radius 3 is 2.47 bits per heavy atom. The monoisotopic (exact) mass is 238 g/mol. The summed E-state index contributed by atoms with van der Waals surface area (Å²) in [5.41, 5.74) is 0.277. The lowest BCUT2D eigenvalue weighted by Gasteiger charge is -2.07. The Balaban J connectivity index is 4.77. The fraction of sp³-hybridized carbons (Fsp3) is 0.385. The van der Waals surface area contributed by atoms with Crippen molar-refractivity contribution >= 4 is 11.8 Å². The van der Waals surface area contributed by atoms with Gasteiger partial charge >= 0.3 is 5.97 Å². The summed E-state index contributed by atoms with van der Waals surface area (Å²) in [5, 5.41) is 0. The van der Waals surface area contributed by atoms with E-state index >= 15 is 0 Å². The highest BCUT2D eigenvalue weighted by Gasteiger charge is 2.17. The number of ketones is 1. The molecule has 0 aliphatic heterocycles. The molecule has 0 rings (SSSR count). The molecule has 0 heterocycles. The minimum absolute atomic E-state index is 0.234. The van der Waals surface area contributed by atoms with Crippen LogP contribution in [-0.4, -0.2) is 25.5 Å². The zero-order valence-electron chi connectivity index (χ0n) is 10.5. The maximum atomic E-state index is 11.8. The van der Waals surface area contributed by atoms with Gasteiger partial charge in [0, 0.05) is 0 Å². The van der Waals surface area contributed by atoms with Crippen molar-refractivity contribution in [1.29, 1.82) is 0 Å². The topological polar surface area (TPSA) is 52.6 Å². The normalized spacial score (nSPS) is 11.4. The zero-order chi connectivity index (χ0) is 13.3. The van der Waals surface area contributed by atoms with Gasteiger partial charge in [-0.1, -0.05) is 18.7 Å². The second kappa shape index (κ2) is 8.33. The van der Waals surface area contributed by atoms with Crippen molar-refractivity contribution in [2.24, 2.45) is 0 Å². The molecule has 0 aliphatic carbocycles. The number of ether oxygens (including phenoxy) is 2. The van der Waals surface area contributed by atoms with Gasteiger partial charge in [0.1, 0.15) is 12.2 Å². The third-order valence-corrected chi connectivity index (χ3v) is 1.91. The number of hydrogen-bond acceptors (Lipinski definition) is 4. The molecule has 0 bridgehead atoms. The van der Waals surface area contributed by atoms with Crippen molar-refractivity contribution in [3.05, 3.63) is 36.1 Å². The lowest BCUT2D eigenvalue weighted by Crippen LogP contribution is -2.14. The smallest absolute Gasteiger partial charge is 0.313 e. The number of Topliss-reactive ketones (excluding diaryl/α,β-unsaturated/α-hetero) is 1. The average Bonchev–Trinajstić information content (AvgIpc) is 2.29. The maximum Gasteiger partial charge on any atom is 0.313 e. The van der Waals surface area contributed by atoms with E-state index in [1.54, 1.807) is 25.2 Å². The second-order valence-corrected chi connectivity index (χ2v) is 3.14. The van der Waals surface area contributed by atoms with Crippen LogP contribution in [0.3, 0.4) is 0 Å². The van der Waals surface area contributed by atoms with Gasteiger partial charge in [-0.3, -0.25) is 9.59 Å². The first-order valence-electron chi connectivity index (χ1n) is 5.31. The first-order valence-corrected chi connectivity index (χ1v) is 5.31. The molecule has 0 aromatic heterocycles. The minimum Gasteiger partial charge on any atom is -0.497 e. The molecule has 0 spiro atoms. The van der Waals surface area contributed by atoms with Crippen LogP contribution in [0.4, 0.5) is 0 Å². The Morgan fingerprint density at radius 1 is 1.35 bits per heavy atom. The molecule has 0 N–H and O–H groups in total. The summed E-state index contributed by atoms with van der Waals surface area (Å²) >= 11 is 0. The molecule has 0 aliphatic rings. The Kier molecular flexibility index (Phi) is 7.43. The van der Waals surface area contributed by atoms with Gasteiger partial charge in [-0.15, -0.1) is 0 Å². The standard InChI is InChI=1S/C13H18O4/c1-5-7-8-11(10(3)16-4)12(14)9-13(15)17-6-2/h5,7-8H,3,6,9H2,1-2,4H3/b7-5-,11-8+. The summed E-state index contributed by atoms with van der Waals surface area (Å²) in [6.07, 6.45) is 4.70. The first-order chi connectivity index (χ1) is 8.06. The second-order valence-electron chi connectivity index (χ2n) is 3.14. The molecule has 0 aromatic rings. The van der Waals surface area contributed by atoms with Gasteiger partial charge in [-0.05, 0) is 19.9 Å². The summed E-state index contributed by atoms with van der Waals surface area (Å²) in [6.45, 7) is 7.37. The molecule has 4 heteroatoms. The van der Waals surface area contributed by atoms with Crippen LogP contribution in [0.1, 0.15) is 20.3 Å². The predicted octanol–water partition coefficient (Wildman–Crippen LogP) is 2.17. The van der Waals surface area contributed by atoms with Crippen LogP contribution in [0, 0.1) is 0 Å². The molecule has 0 fully saturated rings. The van der Waals surface area contributed by atoms with Crippen LogP contribution < -0.4 is 0 Å². The fourth-order valence-electron chi connectivity index (χ4n) is 1.08. The fourth-order valence-corrected chi connectivity index (χ4v) is 1.08. The number of allylic oxidation sites excluding steroid dienone is 4. The maximum absolute atomic E-state index is 11.8. The Labute approximate surface area is 102 Å². The van der Waals surface area contributed by atoms with Crippen LogP contribution in [0.25, 0.3) is 0 Å². The van der Waals surface area contributed by atoms with Gasteiger partial charge in [0.15, 0.2) is 5.78 Å². The molecular weight excluding hydrogens is 220 g/mol. The average molecular weight is 238 g/mol. The summed E-state index contributed by atoms with van der Waals surface area (Å²) in [4.78, 5) is 23.0. The molecule has 0 atom stereocenters. The SMILES string of the molecule is C=C(OC)/C(=C\C=C/C)C(=O)CC(=O)OCC. The molecule has 17 heavy (non-hydrogen) atoms. The van der Waals surface area contributed by atoms with Gasteiger partial charge in [-0.25, -0.2) is 0 Å². The minimum atomic E-state index is -0.548. The van der Waals surface area contributed by atoms with Crippen molar-refractivity contribution in [2.75, 3.05) is 13.7 Å². The number of rotatable bonds is 7. The number of hydrogen-bond donors (Lipinski definition) is 0. The quantitative estimate of drug-likeness (QED) is 0.224. The van der Waals surface area contributed by atoms with Gasteiger partial charge in [0.25, 0.3) is 0 Å². The third kappa shape index (κ3) is 5.70. The van der Waals surface area contributed by atoms with Gasteiger partial charge < -0.3 is 9.47 Å². The number of carbonyl (C=O) groups excluding carboxylic acids is 2. The summed E-state index contributed by atoms with van der Waals surface area (Å²) in [6, 6.07) is 0. The van der Waals surface area contributed by atoms with Gasteiger partial charge in [-0.2, -0.15) is 0 Å². The summed E-state index contributed by atoms with van der Waals surface area (Å²) in [5.74, 6) is -0.682. The zero-order valence-corrected chi connectivity index (χ0v) is 10.5. The Hall–Kier alpha value is -1.84. The highest BCUT2D eigenvalue weighted by Crippen LogP contribution is 2.12. The number of carbonyl (C=O) groups is 2. The van der Waals surface area contributed by atoms with Crippen molar-refractivity contribution < 1.29 is 19.1 Å². The lowest BCUT2D eigenvalue weighted by molar-refractivity contribution is -0.144. The van der Waals surface area contributed by atoms with E-state index < -0.39 is 5.97 Å². The molecule has 0 radical (unpaired) electrons. The highest BCUT2D eigenvalue weighted by atomic mass is 16.5. The van der Waals surface area contributed by atoms with E-state index in [4.69, 9.17) is 9.47 Å². The van der Waals surface area contributed by atoms with Crippen LogP contribution in [0.5, 0.6) is 0 Å². The Morgan fingerprint density at radius 2 is 2.00 bits per heavy atom. The van der Waals surface area contributed by atoms with Gasteiger partial charge in [0.2, 0.25) is 0 Å². The molecule has 0 unspecified atom stereocenters. The van der Waals surface area contributed by atoms with Crippen molar-refractivity contribution in [2.45, 2.75) is 20.3 Å². The number of esters is 1. The van der Waals surface area contributed by atoms with Crippen molar-refractivity contribution in [1.82, 2.24) is 0 Å². The van der Waals surface area contributed by atoms with E-state index in [0.29, 0.717) is 0 Å². The van der Waals surface area contributed by atoms with Crippen molar-refractivity contribution in [3.8, 4) is 0 Å². The summed E-state index contributed by atoms with van der Waals surface area (Å²) < 4.78 is 9.61. The van der Waals surface area contributed by atoms with E-state index in [1.807, 2.05) is 6.92 Å². The van der Waals surface area contributed by atoms with Crippen LogP contribution in [0.2, 0.25) is 0 Å². The third-order valence-electron chi connectivity index (χ3n) is 1.91. The van der Waals surface area contributed by atoms with Crippen LogP contribution >= 0.6 is 0 Å². The lowest BCUT2D eigenvalue weighted by atomic mass is 10.1. The van der Waals surface area contributed by atoms with E-state index in [2.05, 4.69) is 6.58 Å². The number of methoxy groups -OCH3 is 1. The molecule has 94 valence electrons. The van der Waals surface area contributed by atoms with Crippen molar-refractivity contribution in [3.63, 3.8) is 0 Å². The summed E-state index contributed by atoms with van der Waals surface area (Å²) in [7, 11) is 1.42. The van der Waals surface area contributed by atoms with Gasteiger partial charge in [0.05, 0.1) is 19.3 Å². The molecule has 0 saturated heterocycles. The molecular formula is C13H18O4. The van der Waals surface area contributed by atoms with E-state index in [9.17, 15) is 9.59 Å². The highest BCUT2D eigenvalue weighted by molar-refractivity contribution is 6.07. The predicted molar refractivity (Wildman–Crippen MR) is 65.3 cm³/mol.